The minimum Gasteiger partial charge on any atom is -0.491 e. The van der Waals surface area contributed by atoms with Crippen LogP contribution in [-0.4, -0.2) is 366 Å². The number of aliphatic hydroxyl groups is 4. The number of likely N-dealkylation sites (tertiary alicyclic amines) is 4. The van der Waals surface area contributed by atoms with E-state index in [-0.39, 0.29) is 49.9 Å². The third kappa shape index (κ3) is 21.6. The highest BCUT2D eigenvalue weighted by molar-refractivity contribution is 7.12. The number of piperidine rings is 1. The van der Waals surface area contributed by atoms with Crippen LogP contribution in [0.1, 0.15) is 120 Å². The maximum Gasteiger partial charge on any atom is 0.295 e. The molecular formula is C90H107N25O17S2. The minimum absolute atomic E-state index is 0.0808. The second kappa shape index (κ2) is 43.8. The zero-order valence-electron chi connectivity index (χ0n) is 74.8. The molecule has 0 bridgehead atoms. The molecule has 706 valence electrons. The van der Waals surface area contributed by atoms with Crippen molar-refractivity contribution in [2.45, 2.75) is 82.2 Å². The lowest BCUT2D eigenvalue weighted by molar-refractivity contribution is 0.0608. The molecule has 4 fully saturated rings. The van der Waals surface area contributed by atoms with E-state index in [9.17, 15) is 39.6 Å². The van der Waals surface area contributed by atoms with Gasteiger partial charge >= 0.3 is 0 Å². The van der Waals surface area contributed by atoms with Gasteiger partial charge in [-0.3, -0.25) is 90.0 Å². The summed E-state index contributed by atoms with van der Waals surface area (Å²) in [5.74, 6) is 6.68. The van der Waals surface area contributed by atoms with Gasteiger partial charge in [0.05, 0.1) is 89.8 Å². The number of aliphatic imine (C=N–C) groups is 8. The first-order chi connectivity index (χ1) is 65.5. The topological polar surface area (TPSA) is 474 Å². The summed E-state index contributed by atoms with van der Waals surface area (Å²) in [6.45, 7) is 15.8. The number of aromatic nitrogens is 5. The van der Waals surface area contributed by atoms with Crippen LogP contribution in [0.5, 0.6) is 46.0 Å². The maximum absolute atomic E-state index is 12.7. The minimum atomic E-state index is -0.612. The number of oxazole rings is 1. The van der Waals surface area contributed by atoms with E-state index in [1.165, 1.54) is 131 Å². The fourth-order valence-electron chi connectivity index (χ4n) is 17.5. The molecule has 12 aliphatic rings. The molecule has 4 amide bonds. The number of β-amino-alcohol motifs (C(OH)–C–C–N with tert-alkyl or cyclic N) is 4. The number of thiazole rings is 2. The molecule has 0 radical (unpaired) electrons. The number of guanidine groups is 4. The van der Waals surface area contributed by atoms with Gasteiger partial charge in [0.1, 0.15) is 113 Å². The number of carbonyl (C=O) groups is 4. The number of rotatable bonds is 28. The van der Waals surface area contributed by atoms with Crippen molar-refractivity contribution in [3.63, 3.8) is 0 Å². The number of amides is 4. The van der Waals surface area contributed by atoms with Crippen LogP contribution in [0, 0.1) is 0 Å². The van der Waals surface area contributed by atoms with E-state index in [1.807, 2.05) is 56.0 Å². The van der Waals surface area contributed by atoms with Gasteiger partial charge in [-0.1, -0.05) is 6.42 Å². The lowest BCUT2D eigenvalue weighted by Gasteiger charge is -2.29. The van der Waals surface area contributed by atoms with Crippen molar-refractivity contribution in [1.82, 2.24) is 85.4 Å². The first-order valence-electron chi connectivity index (χ1n) is 44.8. The van der Waals surface area contributed by atoms with E-state index in [0.717, 1.165) is 86.3 Å². The Bertz CT molecular complexity index is 5590. The summed E-state index contributed by atoms with van der Waals surface area (Å²) < 4.78 is 51.5. The van der Waals surface area contributed by atoms with Gasteiger partial charge in [0.15, 0.2) is 52.4 Å². The van der Waals surface area contributed by atoms with Gasteiger partial charge in [0.2, 0.25) is 29.6 Å². The smallest absolute Gasteiger partial charge is 0.295 e. The van der Waals surface area contributed by atoms with E-state index < -0.39 is 30.3 Å². The number of hydrogen-bond donors (Lipinski definition) is 8. The number of fused-ring (bicyclic) bond motifs is 12. The number of nitrogens with one attached hydrogen (secondary N) is 4. The van der Waals surface area contributed by atoms with Gasteiger partial charge in [-0.2, -0.15) is 0 Å². The van der Waals surface area contributed by atoms with Crippen LogP contribution >= 0.6 is 22.7 Å². The summed E-state index contributed by atoms with van der Waals surface area (Å²) in [6.07, 6.45) is 18.0. The molecule has 0 spiro atoms. The first-order valence-corrected chi connectivity index (χ1v) is 46.6. The van der Waals surface area contributed by atoms with Crippen LogP contribution in [-0.2, 0) is 0 Å². The first kappa shape index (κ1) is 92.8. The third-order valence-electron chi connectivity index (χ3n) is 23.8. The molecule has 4 atom stereocenters. The van der Waals surface area contributed by atoms with Gasteiger partial charge in [-0.05, 0) is 152 Å². The summed E-state index contributed by atoms with van der Waals surface area (Å²) in [5.41, 5.74) is 8.86. The fraction of sp³-hybridized carbons (Fsp3) is 0.456. The van der Waals surface area contributed by atoms with Gasteiger partial charge in [-0.25, -0.2) is 34.9 Å². The quantitative estimate of drug-likeness (QED) is 0.0313. The molecule has 4 aromatic heterocycles. The molecule has 0 saturated carbocycles. The van der Waals surface area contributed by atoms with Crippen LogP contribution in [0.4, 0.5) is 22.7 Å². The second-order valence-electron chi connectivity index (χ2n) is 32.9. The molecule has 4 saturated heterocycles. The van der Waals surface area contributed by atoms with Gasteiger partial charge in [0, 0.05) is 87.0 Å². The van der Waals surface area contributed by atoms with Gasteiger partial charge in [-0.15, -0.1) is 22.7 Å². The molecule has 8 aromatic rings. The van der Waals surface area contributed by atoms with E-state index in [2.05, 4.69) is 90.7 Å². The van der Waals surface area contributed by atoms with Crippen molar-refractivity contribution < 1.29 is 81.9 Å². The summed E-state index contributed by atoms with van der Waals surface area (Å²) >= 11 is 2.53. The Balaban J connectivity index is 0.000000124. The predicted molar refractivity (Wildman–Crippen MR) is 499 cm³/mol. The summed E-state index contributed by atoms with van der Waals surface area (Å²) in [4.78, 5) is 125. The number of nitrogens with zero attached hydrogens (tertiary/aromatic N) is 21. The number of amidine groups is 4. The van der Waals surface area contributed by atoms with Crippen molar-refractivity contribution in [2.75, 3.05) is 186 Å². The largest absolute Gasteiger partial charge is 0.491 e. The van der Waals surface area contributed by atoms with Gasteiger partial charge < -0.3 is 82.3 Å². The van der Waals surface area contributed by atoms with E-state index in [0.29, 0.717) is 198 Å². The summed E-state index contributed by atoms with van der Waals surface area (Å²) in [5, 5.41) is 53.1. The zero-order chi connectivity index (χ0) is 92.6. The third-order valence-corrected chi connectivity index (χ3v) is 25.3. The average Bonchev–Trinajstić information content (AvgIpc) is 1.52. The van der Waals surface area contributed by atoms with Crippen molar-refractivity contribution in [2.24, 2.45) is 39.9 Å². The van der Waals surface area contributed by atoms with E-state index in [4.69, 9.17) is 57.3 Å². The highest BCUT2D eigenvalue weighted by Gasteiger charge is 2.40. The number of ether oxygens (including phenoxy) is 8. The highest BCUT2D eigenvalue weighted by atomic mass is 32.1. The lowest BCUT2D eigenvalue weighted by atomic mass is 10.1. The van der Waals surface area contributed by atoms with Crippen LogP contribution in [0.3, 0.4) is 0 Å². The molecule has 42 nitrogen and oxygen atoms in total. The Labute approximate surface area is 779 Å². The summed E-state index contributed by atoms with van der Waals surface area (Å²) in [7, 11) is 6.19. The normalized spacial score (nSPS) is 18.3. The van der Waals surface area contributed by atoms with Gasteiger partial charge in [0.25, 0.3) is 23.6 Å². The monoisotopic (exact) mass is 1870 g/mol. The molecule has 0 aliphatic carbocycles. The van der Waals surface area contributed by atoms with Crippen LogP contribution in [0.2, 0.25) is 0 Å². The van der Waals surface area contributed by atoms with E-state index in [1.54, 1.807) is 44.5 Å². The standard InChI is InChI=1S/C23H27N7O4.C23H28N6O4S.C22H26N6O5.C22H26N6O4S/c1-33-20-18(34-13-16(31)12-29-7-2-3-8-29)5-4-17-19(20)27-23(30-9-6-26-21(17)30)28-22(32)15-10-24-14-25-11-15;1-32-20-17(33-13-15(30)12-28-8-3-2-4-9-28)6-5-16-19(20)26-23(29-10-7-25-21(16)29)27-22(31)18-11-24-14-34-18;2*1-31-19-16(32-12-14(29)11-27-7-2-3-8-27)5-4-15-18(19)25-22(28-9-6-24-20(15)28)26-21(30)17-10-23-13-33-17/h4-5,10-11,14,16,31H,2-3,6-9,12-13H2,1H3,(H,27,28,32);5-6,11,14-15,30H,2-4,7-10,12-13H2,1H3,(H,26,27,31);2*4-5,10,13-14,29H,2-3,6-9,11-12H2,1H3,(H,25,26,30)/t16-;15-;2*14-/m1111/s1. The van der Waals surface area contributed by atoms with Crippen LogP contribution in [0.25, 0.3) is 0 Å². The Kier molecular flexibility index (Phi) is 30.3. The number of benzene rings is 4. The van der Waals surface area contributed by atoms with Crippen molar-refractivity contribution >= 4 is 116 Å². The van der Waals surface area contributed by atoms with Crippen molar-refractivity contribution in [3.8, 4) is 46.0 Å². The van der Waals surface area contributed by atoms with Crippen molar-refractivity contribution in [3.05, 3.63) is 147 Å². The Hall–Kier alpha value is -13.1. The number of carbonyl (C=O) groups excluding carboxylic acids is 4. The number of aliphatic hydroxyl groups excluding tert-OH is 4. The highest BCUT2D eigenvalue weighted by Crippen LogP contribution is 2.48. The maximum atomic E-state index is 12.7. The summed E-state index contributed by atoms with van der Waals surface area (Å²) in [6, 6.07) is 14.8. The average molecular weight is 1880 g/mol. The molecule has 8 N–H and O–H groups in total. The molecule has 16 heterocycles. The molecule has 12 aliphatic heterocycles. The lowest BCUT2D eigenvalue weighted by Crippen LogP contribution is -2.47. The number of hydrogen-bond acceptors (Lipinski definition) is 40. The predicted octanol–water partition coefficient (Wildman–Crippen LogP) is 5.18. The molecule has 4 aromatic carbocycles. The van der Waals surface area contributed by atoms with Crippen LogP contribution in [0.15, 0.2) is 148 Å². The Morgan fingerprint density at radius 1 is 0.366 bits per heavy atom. The SMILES string of the molecule is COc1c(OC[C@H](O)CN2CCCC2)ccc2c1N=C(NC(=O)c1cncnc1)N1CCN=C21.COc1c(OC[C@H](O)CN2CCCC2)ccc2c1N=C(NC(=O)c1cnco1)N1CCN=C21.COc1c(OC[C@H](O)CN2CCCC2)ccc2c1N=C(NC(=O)c1cncs1)N1CCN=C21.COc1c(OC[C@H](O)CN2CCCCC2)ccc2c1N=C(NC(=O)c1cncs1)N1CCN=C21. The van der Waals surface area contributed by atoms with Crippen LogP contribution < -0.4 is 59.2 Å². The van der Waals surface area contributed by atoms with Crippen molar-refractivity contribution in [1.29, 1.82) is 0 Å². The molecule has 44 heteroatoms. The molecule has 20 rings (SSSR count). The second-order valence-corrected chi connectivity index (χ2v) is 34.7. The Morgan fingerprint density at radius 3 is 0.948 bits per heavy atom. The molecule has 0 unspecified atom stereocenters. The fourth-order valence-corrected chi connectivity index (χ4v) is 18.5. The molecular weight excluding hydrogens is 1770 g/mol. The molecule has 134 heavy (non-hydrogen) atoms. The number of methoxy groups -OCH3 is 4. The Morgan fingerprint density at radius 2 is 0.664 bits per heavy atom. The zero-order valence-corrected chi connectivity index (χ0v) is 76.4. The van der Waals surface area contributed by atoms with E-state index >= 15 is 0 Å².